The molecule has 3 heterocycles. The summed E-state index contributed by atoms with van der Waals surface area (Å²) in [5.41, 5.74) is 1.17. The average molecular weight is 358 g/mol. The zero-order valence-electron chi connectivity index (χ0n) is 15.6. The summed E-state index contributed by atoms with van der Waals surface area (Å²) >= 11 is 0. The minimum atomic E-state index is 0.207. The average Bonchev–Trinajstić information content (AvgIpc) is 3.20. The first-order valence-corrected chi connectivity index (χ1v) is 9.89. The first-order valence-electron chi connectivity index (χ1n) is 9.89. The highest BCUT2D eigenvalue weighted by atomic mass is 16.2. The van der Waals surface area contributed by atoms with Gasteiger partial charge in [0.25, 0.3) is 0 Å². The van der Waals surface area contributed by atoms with Crippen LogP contribution < -0.4 is 0 Å². The number of pyridine rings is 1. The molecule has 0 radical (unpaired) electrons. The van der Waals surface area contributed by atoms with Crippen LogP contribution in [-0.4, -0.2) is 77.3 Å². The first kappa shape index (κ1) is 18.8. The second-order valence-electron chi connectivity index (χ2n) is 7.28. The SMILES string of the molecule is O=C(CCCc1cccnc1)N1CCN(C(=O)CCN2CCCC2)CC1. The van der Waals surface area contributed by atoms with Gasteiger partial charge in [-0.05, 0) is 50.4 Å². The van der Waals surface area contributed by atoms with Gasteiger partial charge in [0.1, 0.15) is 0 Å². The summed E-state index contributed by atoms with van der Waals surface area (Å²) in [6, 6.07) is 3.97. The van der Waals surface area contributed by atoms with Crippen LogP contribution in [0.15, 0.2) is 24.5 Å². The largest absolute Gasteiger partial charge is 0.339 e. The Labute approximate surface area is 156 Å². The lowest BCUT2D eigenvalue weighted by atomic mass is 10.1. The normalized spacial score (nSPS) is 18.3. The number of aryl methyl sites for hydroxylation is 1. The maximum Gasteiger partial charge on any atom is 0.223 e. The molecule has 2 aliphatic heterocycles. The lowest BCUT2D eigenvalue weighted by Gasteiger charge is -2.35. The van der Waals surface area contributed by atoms with Crippen molar-refractivity contribution in [2.24, 2.45) is 0 Å². The van der Waals surface area contributed by atoms with Gasteiger partial charge >= 0.3 is 0 Å². The maximum absolute atomic E-state index is 12.4. The van der Waals surface area contributed by atoms with Gasteiger partial charge in [-0.1, -0.05) is 6.07 Å². The van der Waals surface area contributed by atoms with Crippen LogP contribution >= 0.6 is 0 Å². The summed E-state index contributed by atoms with van der Waals surface area (Å²) in [5.74, 6) is 0.443. The van der Waals surface area contributed by atoms with Crippen LogP contribution in [0.3, 0.4) is 0 Å². The van der Waals surface area contributed by atoms with E-state index in [2.05, 4.69) is 9.88 Å². The van der Waals surface area contributed by atoms with Crippen LogP contribution in [0, 0.1) is 0 Å². The molecule has 2 saturated heterocycles. The molecule has 0 spiro atoms. The predicted molar refractivity (Wildman–Crippen MR) is 101 cm³/mol. The van der Waals surface area contributed by atoms with E-state index >= 15 is 0 Å². The molecule has 2 aliphatic rings. The Kier molecular flexibility index (Phi) is 7.00. The zero-order chi connectivity index (χ0) is 18.2. The van der Waals surface area contributed by atoms with E-state index in [1.165, 1.54) is 18.4 Å². The fourth-order valence-electron chi connectivity index (χ4n) is 3.77. The lowest BCUT2D eigenvalue weighted by Crippen LogP contribution is -2.51. The van der Waals surface area contributed by atoms with E-state index in [1.807, 2.05) is 28.1 Å². The van der Waals surface area contributed by atoms with Crippen molar-refractivity contribution in [2.45, 2.75) is 38.5 Å². The Morgan fingerprint density at radius 2 is 1.58 bits per heavy atom. The smallest absolute Gasteiger partial charge is 0.223 e. The summed E-state index contributed by atoms with van der Waals surface area (Å²) in [4.78, 5) is 35.0. The van der Waals surface area contributed by atoms with Crippen molar-refractivity contribution in [3.63, 3.8) is 0 Å². The monoisotopic (exact) mass is 358 g/mol. The Morgan fingerprint density at radius 1 is 0.923 bits per heavy atom. The molecule has 6 nitrogen and oxygen atoms in total. The van der Waals surface area contributed by atoms with Crippen molar-refractivity contribution in [3.8, 4) is 0 Å². The van der Waals surface area contributed by atoms with E-state index < -0.39 is 0 Å². The fraction of sp³-hybridized carbons (Fsp3) is 0.650. The minimum absolute atomic E-state index is 0.207. The van der Waals surface area contributed by atoms with E-state index in [0.29, 0.717) is 39.0 Å². The molecule has 0 atom stereocenters. The molecular weight excluding hydrogens is 328 g/mol. The minimum Gasteiger partial charge on any atom is -0.339 e. The molecule has 142 valence electrons. The molecule has 0 unspecified atom stereocenters. The number of carbonyl (C=O) groups excluding carboxylic acids is 2. The van der Waals surface area contributed by atoms with Crippen LogP contribution in [0.5, 0.6) is 0 Å². The van der Waals surface area contributed by atoms with Crippen LogP contribution in [0.1, 0.15) is 37.7 Å². The van der Waals surface area contributed by atoms with Gasteiger partial charge in [0.2, 0.25) is 11.8 Å². The number of hydrogen-bond acceptors (Lipinski definition) is 4. The van der Waals surface area contributed by atoms with Crippen molar-refractivity contribution in [3.05, 3.63) is 30.1 Å². The predicted octanol–water partition coefficient (Wildman–Crippen LogP) is 1.56. The molecule has 0 bridgehead atoms. The van der Waals surface area contributed by atoms with Gasteiger partial charge in [-0.2, -0.15) is 0 Å². The Morgan fingerprint density at radius 3 is 2.19 bits per heavy atom. The molecule has 0 N–H and O–H groups in total. The van der Waals surface area contributed by atoms with Crippen LogP contribution in [-0.2, 0) is 16.0 Å². The molecule has 3 rings (SSSR count). The van der Waals surface area contributed by atoms with Crippen molar-refractivity contribution in [2.75, 3.05) is 45.8 Å². The van der Waals surface area contributed by atoms with Gasteiger partial charge in [-0.25, -0.2) is 0 Å². The molecule has 1 aromatic rings. The van der Waals surface area contributed by atoms with E-state index in [0.717, 1.165) is 32.5 Å². The van der Waals surface area contributed by atoms with Gasteiger partial charge in [-0.3, -0.25) is 14.6 Å². The third-order valence-corrected chi connectivity index (χ3v) is 5.40. The van der Waals surface area contributed by atoms with Crippen molar-refractivity contribution in [1.82, 2.24) is 19.7 Å². The lowest BCUT2D eigenvalue weighted by molar-refractivity contribution is -0.139. The van der Waals surface area contributed by atoms with Crippen LogP contribution in [0.2, 0.25) is 0 Å². The van der Waals surface area contributed by atoms with Crippen LogP contribution in [0.4, 0.5) is 0 Å². The number of aromatic nitrogens is 1. The molecule has 2 amide bonds. The number of carbonyl (C=O) groups is 2. The summed E-state index contributed by atoms with van der Waals surface area (Å²) < 4.78 is 0. The fourth-order valence-corrected chi connectivity index (χ4v) is 3.77. The molecular formula is C20H30N4O2. The number of piperazine rings is 1. The third kappa shape index (κ3) is 5.53. The second kappa shape index (κ2) is 9.67. The highest BCUT2D eigenvalue weighted by molar-refractivity contribution is 5.78. The summed E-state index contributed by atoms with van der Waals surface area (Å²) in [6.07, 6.45) is 9.05. The molecule has 0 aliphatic carbocycles. The van der Waals surface area contributed by atoms with Gasteiger partial charge < -0.3 is 14.7 Å². The van der Waals surface area contributed by atoms with Gasteiger partial charge in [0.15, 0.2) is 0 Å². The molecule has 0 aromatic carbocycles. The topological polar surface area (TPSA) is 56.8 Å². The molecule has 26 heavy (non-hydrogen) atoms. The summed E-state index contributed by atoms with van der Waals surface area (Å²) in [7, 11) is 0. The second-order valence-corrected chi connectivity index (χ2v) is 7.28. The van der Waals surface area contributed by atoms with E-state index in [1.54, 1.807) is 6.20 Å². The number of nitrogens with zero attached hydrogens (tertiary/aromatic N) is 4. The summed E-state index contributed by atoms with van der Waals surface area (Å²) in [6.45, 7) is 5.83. The molecule has 2 fully saturated rings. The number of hydrogen-bond donors (Lipinski definition) is 0. The Bertz CT molecular complexity index is 579. The van der Waals surface area contributed by atoms with Crippen LogP contribution in [0.25, 0.3) is 0 Å². The maximum atomic E-state index is 12.4. The number of rotatable bonds is 7. The summed E-state index contributed by atoms with van der Waals surface area (Å²) in [5, 5.41) is 0. The van der Waals surface area contributed by atoms with Gasteiger partial charge in [0.05, 0.1) is 0 Å². The van der Waals surface area contributed by atoms with Gasteiger partial charge in [-0.15, -0.1) is 0 Å². The number of amides is 2. The third-order valence-electron chi connectivity index (χ3n) is 5.40. The first-order chi connectivity index (χ1) is 12.7. The molecule has 1 aromatic heterocycles. The van der Waals surface area contributed by atoms with E-state index in [4.69, 9.17) is 0 Å². The number of likely N-dealkylation sites (tertiary alicyclic amines) is 1. The highest BCUT2D eigenvalue weighted by Crippen LogP contribution is 2.11. The van der Waals surface area contributed by atoms with Crippen molar-refractivity contribution in [1.29, 1.82) is 0 Å². The Hall–Kier alpha value is -1.95. The standard InChI is InChI=1S/C20H30N4O2/c25-19(7-3-5-18-6-4-9-21-17-18)23-13-15-24(16-14-23)20(26)8-12-22-10-1-2-11-22/h4,6,9,17H,1-3,5,7-8,10-16H2. The Balaban J connectivity index is 1.32. The molecule has 6 heteroatoms. The van der Waals surface area contributed by atoms with Crippen molar-refractivity contribution >= 4 is 11.8 Å². The van der Waals surface area contributed by atoms with Gasteiger partial charge in [0, 0.05) is 58.0 Å². The zero-order valence-corrected chi connectivity index (χ0v) is 15.6. The quantitative estimate of drug-likeness (QED) is 0.742. The van der Waals surface area contributed by atoms with E-state index in [9.17, 15) is 9.59 Å². The van der Waals surface area contributed by atoms with Crippen molar-refractivity contribution < 1.29 is 9.59 Å². The van der Waals surface area contributed by atoms with E-state index in [-0.39, 0.29) is 11.8 Å². The molecule has 0 saturated carbocycles. The highest BCUT2D eigenvalue weighted by Gasteiger charge is 2.24.